The van der Waals surface area contributed by atoms with E-state index in [-0.39, 0.29) is 12.0 Å². The molecule has 2 fully saturated rings. The Morgan fingerprint density at radius 1 is 1.27 bits per heavy atom. The number of hydrogen-bond donors (Lipinski definition) is 0. The molecule has 138 valence electrons. The number of fused-ring (bicyclic) bond motifs is 1. The summed E-state index contributed by atoms with van der Waals surface area (Å²) in [6.45, 7) is 5.64. The number of likely N-dealkylation sites (tertiary alicyclic amines) is 1. The van der Waals surface area contributed by atoms with Crippen molar-refractivity contribution in [2.24, 2.45) is 11.8 Å². The minimum absolute atomic E-state index is 0.186. The van der Waals surface area contributed by atoms with Crippen molar-refractivity contribution in [1.82, 2.24) is 9.88 Å². The van der Waals surface area contributed by atoms with E-state index in [9.17, 15) is 4.79 Å². The molecule has 1 amide bonds. The number of thiazole rings is 1. The van der Waals surface area contributed by atoms with E-state index in [1.807, 2.05) is 43.0 Å². The lowest BCUT2D eigenvalue weighted by Crippen LogP contribution is -2.33. The zero-order valence-electron chi connectivity index (χ0n) is 15.1. The van der Waals surface area contributed by atoms with Gasteiger partial charge in [0.15, 0.2) is 0 Å². The highest BCUT2D eigenvalue weighted by Gasteiger charge is 2.45. The first kappa shape index (κ1) is 17.8. The number of amides is 1. The first-order chi connectivity index (χ1) is 12.5. The van der Waals surface area contributed by atoms with Gasteiger partial charge in [-0.2, -0.15) is 0 Å². The molecule has 1 aromatic carbocycles. The summed E-state index contributed by atoms with van der Waals surface area (Å²) < 4.78 is 6.21. The topological polar surface area (TPSA) is 42.4 Å². The molecule has 2 aliphatic rings. The number of benzene rings is 1. The van der Waals surface area contributed by atoms with Crippen molar-refractivity contribution in [2.75, 3.05) is 13.1 Å². The normalized spacial score (nSPS) is 24.7. The Kier molecular flexibility index (Phi) is 4.93. The van der Waals surface area contributed by atoms with Gasteiger partial charge in [0.05, 0.1) is 17.1 Å². The maximum atomic E-state index is 12.8. The van der Waals surface area contributed by atoms with E-state index >= 15 is 0 Å². The molecule has 4 nitrogen and oxygen atoms in total. The summed E-state index contributed by atoms with van der Waals surface area (Å²) in [5, 5.41) is 1.74. The predicted molar refractivity (Wildman–Crippen MR) is 104 cm³/mol. The quantitative estimate of drug-likeness (QED) is 0.782. The largest absolute Gasteiger partial charge is 0.490 e. The second-order valence-electron chi connectivity index (χ2n) is 7.33. The summed E-state index contributed by atoms with van der Waals surface area (Å²) in [5.74, 6) is 2.07. The third-order valence-electron chi connectivity index (χ3n) is 5.56. The lowest BCUT2D eigenvalue weighted by atomic mass is 9.99. The lowest BCUT2D eigenvalue weighted by molar-refractivity contribution is -0.129. The Morgan fingerprint density at radius 2 is 2.04 bits per heavy atom. The number of nitrogens with zero attached hydrogens (tertiary/aromatic N) is 2. The molecule has 2 heterocycles. The van der Waals surface area contributed by atoms with Crippen molar-refractivity contribution in [3.63, 3.8) is 0 Å². The molecule has 4 rings (SSSR count). The predicted octanol–water partition coefficient (Wildman–Crippen LogP) is 4.27. The van der Waals surface area contributed by atoms with Gasteiger partial charge in [-0.3, -0.25) is 4.79 Å². The van der Waals surface area contributed by atoms with Crippen LogP contribution < -0.4 is 4.74 Å². The Hall–Kier alpha value is -1.59. The molecule has 1 aromatic heterocycles. The maximum Gasteiger partial charge on any atom is 0.227 e. The number of carbonyl (C=O) groups is 1. The van der Waals surface area contributed by atoms with Crippen LogP contribution in [0.3, 0.4) is 0 Å². The molecular weight excluding hydrogens is 368 g/mol. The van der Waals surface area contributed by atoms with Gasteiger partial charge in [-0.1, -0.05) is 11.6 Å². The van der Waals surface area contributed by atoms with Crippen LogP contribution in [0.1, 0.15) is 28.4 Å². The fraction of sp³-hybridized carbons (Fsp3) is 0.500. The van der Waals surface area contributed by atoms with Gasteiger partial charge in [0.2, 0.25) is 5.91 Å². The van der Waals surface area contributed by atoms with Gasteiger partial charge in [-0.05, 0) is 56.9 Å². The second-order valence-corrected chi connectivity index (χ2v) is 9.05. The number of aromatic nitrogens is 1. The number of halogens is 1. The Bertz CT molecular complexity index is 805. The van der Waals surface area contributed by atoms with Crippen LogP contribution in [0.5, 0.6) is 5.75 Å². The fourth-order valence-corrected chi connectivity index (χ4v) is 5.29. The molecule has 1 aliphatic carbocycles. The summed E-state index contributed by atoms with van der Waals surface area (Å²) in [6, 6.07) is 7.55. The first-order valence-corrected chi connectivity index (χ1v) is 10.3. The Labute approximate surface area is 163 Å². The molecule has 0 unspecified atom stereocenters. The number of hydrogen-bond acceptors (Lipinski definition) is 4. The summed E-state index contributed by atoms with van der Waals surface area (Å²) >= 11 is 7.58. The van der Waals surface area contributed by atoms with Crippen LogP contribution >= 0.6 is 22.9 Å². The van der Waals surface area contributed by atoms with Gasteiger partial charge < -0.3 is 9.64 Å². The van der Waals surface area contributed by atoms with Crippen LogP contribution in [0.2, 0.25) is 5.02 Å². The molecular formula is C20H23ClN2O2S. The summed E-state index contributed by atoms with van der Waals surface area (Å²) in [5.41, 5.74) is 0.990. The van der Waals surface area contributed by atoms with E-state index in [0.29, 0.717) is 23.3 Å². The zero-order valence-corrected chi connectivity index (χ0v) is 16.6. The highest BCUT2D eigenvalue weighted by Crippen LogP contribution is 2.40. The highest BCUT2D eigenvalue weighted by molar-refractivity contribution is 7.11. The Balaban J connectivity index is 1.38. The molecule has 1 aliphatic heterocycles. The van der Waals surface area contributed by atoms with Crippen LogP contribution in [0.15, 0.2) is 24.3 Å². The van der Waals surface area contributed by atoms with E-state index in [2.05, 4.69) is 4.98 Å². The standard InChI is InChI=1S/C20H23ClN2O2S/c1-12-19(26-13(2)22-12)9-20(24)23-10-14-3-8-18(17(14)11-23)25-16-6-4-15(21)5-7-16/h4-7,14,17-18H,3,8-11H2,1-2H3/t14-,17+,18-/m0/s1. The molecule has 26 heavy (non-hydrogen) atoms. The van der Waals surface area contributed by atoms with Crippen molar-refractivity contribution in [3.8, 4) is 5.75 Å². The van der Waals surface area contributed by atoms with E-state index in [4.69, 9.17) is 16.3 Å². The SMILES string of the molecule is Cc1nc(C)c(CC(=O)N2C[C@@H]3CC[C@H](Oc4ccc(Cl)cc4)[C@@H]3C2)s1. The molecule has 0 bridgehead atoms. The van der Waals surface area contributed by atoms with Crippen LogP contribution in [0.4, 0.5) is 0 Å². The van der Waals surface area contributed by atoms with Crippen LogP contribution in [-0.2, 0) is 11.2 Å². The van der Waals surface area contributed by atoms with Crippen LogP contribution in [0.25, 0.3) is 0 Å². The van der Waals surface area contributed by atoms with Crippen molar-refractivity contribution in [2.45, 2.75) is 39.2 Å². The first-order valence-electron chi connectivity index (χ1n) is 9.12. The molecule has 1 saturated heterocycles. The van der Waals surface area contributed by atoms with E-state index in [1.165, 1.54) is 0 Å². The zero-order chi connectivity index (χ0) is 18.3. The fourth-order valence-electron chi connectivity index (χ4n) is 4.24. The minimum atomic E-state index is 0.186. The Morgan fingerprint density at radius 3 is 2.73 bits per heavy atom. The molecule has 0 spiro atoms. The lowest BCUT2D eigenvalue weighted by Gasteiger charge is -2.22. The molecule has 0 N–H and O–H groups in total. The van der Waals surface area contributed by atoms with Gasteiger partial charge in [0.25, 0.3) is 0 Å². The van der Waals surface area contributed by atoms with Gasteiger partial charge in [-0.15, -0.1) is 11.3 Å². The monoisotopic (exact) mass is 390 g/mol. The number of aryl methyl sites for hydroxylation is 2. The van der Waals surface area contributed by atoms with Gasteiger partial charge in [0, 0.05) is 28.9 Å². The van der Waals surface area contributed by atoms with Gasteiger partial charge >= 0.3 is 0 Å². The molecule has 2 aromatic rings. The molecule has 1 saturated carbocycles. The van der Waals surface area contributed by atoms with Gasteiger partial charge in [0.1, 0.15) is 11.9 Å². The molecule has 3 atom stereocenters. The van der Waals surface area contributed by atoms with Crippen LogP contribution in [0, 0.1) is 25.7 Å². The summed E-state index contributed by atoms with van der Waals surface area (Å²) in [6.07, 6.45) is 2.85. The maximum absolute atomic E-state index is 12.8. The highest BCUT2D eigenvalue weighted by atomic mass is 35.5. The van der Waals surface area contributed by atoms with Crippen molar-refractivity contribution < 1.29 is 9.53 Å². The summed E-state index contributed by atoms with van der Waals surface area (Å²) in [4.78, 5) is 20.3. The van der Waals surface area contributed by atoms with Gasteiger partial charge in [-0.25, -0.2) is 4.98 Å². The average Bonchev–Trinajstić information content (AvgIpc) is 3.26. The number of ether oxygens (including phenoxy) is 1. The number of rotatable bonds is 4. The molecule has 0 radical (unpaired) electrons. The second kappa shape index (κ2) is 7.20. The third kappa shape index (κ3) is 3.60. The van der Waals surface area contributed by atoms with Crippen LogP contribution in [-0.4, -0.2) is 35.0 Å². The third-order valence-corrected chi connectivity index (χ3v) is 6.88. The number of carbonyl (C=O) groups excluding carboxylic acids is 1. The summed E-state index contributed by atoms with van der Waals surface area (Å²) in [7, 11) is 0. The van der Waals surface area contributed by atoms with Crippen molar-refractivity contribution >= 4 is 28.8 Å². The average molecular weight is 391 g/mol. The van der Waals surface area contributed by atoms with Crippen molar-refractivity contribution in [3.05, 3.63) is 44.9 Å². The van der Waals surface area contributed by atoms with E-state index in [0.717, 1.165) is 47.3 Å². The van der Waals surface area contributed by atoms with Crippen molar-refractivity contribution in [1.29, 1.82) is 0 Å². The minimum Gasteiger partial charge on any atom is -0.490 e. The molecule has 6 heteroatoms. The van der Waals surface area contributed by atoms with E-state index < -0.39 is 0 Å². The van der Waals surface area contributed by atoms with E-state index in [1.54, 1.807) is 11.3 Å². The smallest absolute Gasteiger partial charge is 0.227 e.